The van der Waals surface area contributed by atoms with E-state index in [1.165, 1.54) is 12.1 Å². The lowest BCUT2D eigenvalue weighted by Gasteiger charge is -2.13. The number of halogens is 1. The van der Waals surface area contributed by atoms with Gasteiger partial charge < -0.3 is 10.1 Å². The smallest absolute Gasteiger partial charge is 0.269 e. The predicted molar refractivity (Wildman–Crippen MR) is 121 cm³/mol. The van der Waals surface area contributed by atoms with Crippen molar-refractivity contribution in [1.82, 2.24) is 5.32 Å². The van der Waals surface area contributed by atoms with Gasteiger partial charge in [-0.05, 0) is 77.2 Å². The first-order valence-corrected chi connectivity index (χ1v) is 10.2. The molecule has 0 unspecified atom stereocenters. The molecule has 154 valence electrons. The molecule has 1 amide bonds. The van der Waals surface area contributed by atoms with Gasteiger partial charge in [-0.2, -0.15) is 0 Å². The number of ether oxygens (including phenoxy) is 1. The number of thiocarbonyl (C=S) groups is 1. The lowest BCUT2D eigenvalue weighted by molar-refractivity contribution is -0.384. The molecule has 0 radical (unpaired) electrons. The van der Waals surface area contributed by atoms with E-state index in [2.05, 4.69) is 40.4 Å². The molecule has 0 heterocycles. The van der Waals surface area contributed by atoms with Crippen LogP contribution in [0.1, 0.15) is 36.2 Å². The van der Waals surface area contributed by atoms with Crippen molar-refractivity contribution in [2.75, 3.05) is 11.9 Å². The van der Waals surface area contributed by atoms with Crippen LogP contribution in [0.25, 0.3) is 0 Å². The number of rotatable bonds is 7. The zero-order chi connectivity index (χ0) is 21.6. The molecule has 0 aliphatic rings. The zero-order valence-electron chi connectivity index (χ0n) is 16.3. The van der Waals surface area contributed by atoms with Crippen LogP contribution in [-0.2, 0) is 0 Å². The monoisotopic (exact) mass is 479 g/mol. The minimum absolute atomic E-state index is 0.0106. The van der Waals surface area contributed by atoms with Crippen molar-refractivity contribution >= 4 is 50.5 Å². The fourth-order valence-electron chi connectivity index (χ4n) is 2.39. The molecule has 0 bridgehead atoms. The number of non-ortho nitro benzene ring substituents is 1. The highest BCUT2D eigenvalue weighted by atomic mass is 79.9. The fraction of sp³-hybridized carbons (Fsp3) is 0.300. The summed E-state index contributed by atoms with van der Waals surface area (Å²) in [5, 5.41) is 16.4. The number of hydrogen-bond donors (Lipinski definition) is 2. The summed E-state index contributed by atoms with van der Waals surface area (Å²) in [6.45, 7) is 6.57. The maximum atomic E-state index is 12.5. The van der Waals surface area contributed by atoms with Gasteiger partial charge in [0.15, 0.2) is 5.11 Å². The van der Waals surface area contributed by atoms with Crippen LogP contribution in [-0.4, -0.2) is 22.5 Å². The Morgan fingerprint density at radius 3 is 2.59 bits per heavy atom. The van der Waals surface area contributed by atoms with Crippen molar-refractivity contribution in [3.63, 3.8) is 0 Å². The van der Waals surface area contributed by atoms with Crippen molar-refractivity contribution in [2.24, 2.45) is 5.92 Å². The average Bonchev–Trinajstić information content (AvgIpc) is 2.64. The quantitative estimate of drug-likeness (QED) is 0.321. The van der Waals surface area contributed by atoms with Gasteiger partial charge in [0, 0.05) is 23.4 Å². The number of carbonyl (C=O) groups is 1. The third-order valence-corrected chi connectivity index (χ3v) is 4.87. The van der Waals surface area contributed by atoms with E-state index in [4.69, 9.17) is 17.0 Å². The average molecular weight is 480 g/mol. The van der Waals surface area contributed by atoms with E-state index in [1.54, 1.807) is 31.2 Å². The number of nitro benzene ring substituents is 1. The van der Waals surface area contributed by atoms with Gasteiger partial charge in [0.25, 0.3) is 11.6 Å². The molecule has 0 aliphatic heterocycles. The number of hydrogen-bond acceptors (Lipinski definition) is 5. The third-order valence-electron chi connectivity index (χ3n) is 4.04. The summed E-state index contributed by atoms with van der Waals surface area (Å²) in [4.78, 5) is 22.8. The number of anilines is 1. The number of aryl methyl sites for hydroxylation is 1. The molecule has 2 N–H and O–H groups in total. The van der Waals surface area contributed by atoms with Crippen LogP contribution in [0.3, 0.4) is 0 Å². The molecular weight excluding hydrogens is 458 g/mol. The number of nitrogens with zero attached hydrogens (tertiary/aromatic N) is 1. The molecule has 2 rings (SSSR count). The Hall–Kier alpha value is -2.52. The molecule has 0 fully saturated rings. The van der Waals surface area contributed by atoms with Gasteiger partial charge in [-0.1, -0.05) is 13.8 Å². The normalized spacial score (nSPS) is 10.5. The lowest BCUT2D eigenvalue weighted by atomic mass is 10.1. The maximum Gasteiger partial charge on any atom is 0.269 e. The van der Waals surface area contributed by atoms with Gasteiger partial charge in [-0.25, -0.2) is 0 Å². The second-order valence-electron chi connectivity index (χ2n) is 6.84. The Bertz CT molecular complexity index is 934. The van der Waals surface area contributed by atoms with Crippen molar-refractivity contribution < 1.29 is 14.5 Å². The number of amides is 1. The lowest BCUT2D eigenvalue weighted by Crippen LogP contribution is -2.34. The Morgan fingerprint density at radius 2 is 2.00 bits per heavy atom. The van der Waals surface area contributed by atoms with Crippen molar-refractivity contribution in [3.05, 3.63) is 62.1 Å². The van der Waals surface area contributed by atoms with Crippen LogP contribution in [0.4, 0.5) is 11.4 Å². The highest BCUT2D eigenvalue weighted by Crippen LogP contribution is 2.26. The van der Waals surface area contributed by atoms with Gasteiger partial charge in [0.2, 0.25) is 0 Å². The molecule has 0 aliphatic carbocycles. The molecule has 7 nitrogen and oxygen atoms in total. The second kappa shape index (κ2) is 10.3. The van der Waals surface area contributed by atoms with Gasteiger partial charge >= 0.3 is 0 Å². The van der Waals surface area contributed by atoms with E-state index in [0.29, 0.717) is 39.6 Å². The van der Waals surface area contributed by atoms with Crippen LogP contribution in [0.2, 0.25) is 0 Å². The first-order chi connectivity index (χ1) is 13.7. The molecule has 0 atom stereocenters. The van der Waals surface area contributed by atoms with Crippen molar-refractivity contribution in [1.29, 1.82) is 0 Å². The van der Waals surface area contributed by atoms with Crippen molar-refractivity contribution in [3.8, 4) is 5.75 Å². The second-order valence-corrected chi connectivity index (χ2v) is 8.10. The first kappa shape index (κ1) is 22.8. The van der Waals surface area contributed by atoms with Crippen LogP contribution < -0.4 is 15.4 Å². The van der Waals surface area contributed by atoms with Crippen LogP contribution in [0.15, 0.2) is 40.9 Å². The van der Waals surface area contributed by atoms with E-state index in [-0.39, 0.29) is 16.7 Å². The summed E-state index contributed by atoms with van der Waals surface area (Å²) >= 11 is 8.61. The Balaban J connectivity index is 1.98. The number of nitro groups is 1. The minimum Gasteiger partial charge on any atom is -0.492 e. The topological polar surface area (TPSA) is 93.5 Å². The largest absolute Gasteiger partial charge is 0.492 e. The van der Waals surface area contributed by atoms with Crippen LogP contribution >= 0.6 is 28.1 Å². The fourth-order valence-corrected chi connectivity index (χ4v) is 3.09. The van der Waals surface area contributed by atoms with E-state index < -0.39 is 4.92 Å². The summed E-state index contributed by atoms with van der Waals surface area (Å²) < 4.78 is 6.40. The summed E-state index contributed by atoms with van der Waals surface area (Å²) in [7, 11) is 0. The van der Waals surface area contributed by atoms with Crippen LogP contribution in [0.5, 0.6) is 5.75 Å². The first-order valence-electron chi connectivity index (χ1n) is 8.97. The Labute approximate surface area is 183 Å². The summed E-state index contributed by atoms with van der Waals surface area (Å²) in [5.41, 5.74) is 1.62. The van der Waals surface area contributed by atoms with Gasteiger partial charge in [0.05, 0.1) is 16.0 Å². The van der Waals surface area contributed by atoms with Gasteiger partial charge in [-0.3, -0.25) is 20.2 Å². The molecule has 29 heavy (non-hydrogen) atoms. The van der Waals surface area contributed by atoms with E-state index in [1.807, 2.05) is 0 Å². The molecule has 2 aromatic carbocycles. The summed E-state index contributed by atoms with van der Waals surface area (Å²) in [6, 6.07) is 9.41. The van der Waals surface area contributed by atoms with E-state index in [9.17, 15) is 14.9 Å². The molecule has 9 heteroatoms. The maximum absolute atomic E-state index is 12.5. The molecule has 0 saturated heterocycles. The van der Waals surface area contributed by atoms with Crippen LogP contribution in [0, 0.1) is 23.0 Å². The Morgan fingerprint density at radius 1 is 1.28 bits per heavy atom. The van der Waals surface area contributed by atoms with E-state index >= 15 is 0 Å². The number of carbonyl (C=O) groups excluding carboxylic acids is 1. The molecule has 0 saturated carbocycles. The Kier molecular flexibility index (Phi) is 8.10. The van der Waals surface area contributed by atoms with Gasteiger partial charge in [-0.15, -0.1) is 0 Å². The molecule has 0 spiro atoms. The van der Waals surface area contributed by atoms with E-state index in [0.717, 1.165) is 6.42 Å². The van der Waals surface area contributed by atoms with Crippen molar-refractivity contribution in [2.45, 2.75) is 27.2 Å². The number of benzene rings is 2. The highest BCUT2D eigenvalue weighted by Gasteiger charge is 2.13. The highest BCUT2D eigenvalue weighted by molar-refractivity contribution is 9.10. The summed E-state index contributed by atoms with van der Waals surface area (Å²) in [6.07, 6.45) is 0.941. The minimum atomic E-state index is -0.467. The third kappa shape index (κ3) is 6.79. The predicted octanol–water partition coefficient (Wildman–Crippen LogP) is 5.22. The zero-order valence-corrected chi connectivity index (χ0v) is 18.7. The number of nitrogens with one attached hydrogen (secondary N) is 2. The molecule has 0 aromatic heterocycles. The SMILES string of the molecule is Cc1cc([N+](=O)[O-])ccc1NC(=S)NC(=O)c1ccc(OCCC(C)C)c(Br)c1. The van der Waals surface area contributed by atoms with Gasteiger partial charge in [0.1, 0.15) is 5.75 Å². The molecule has 2 aromatic rings. The standard InChI is InChI=1S/C20H22BrN3O4S/c1-12(2)8-9-28-18-7-4-14(11-16(18)21)19(25)23-20(29)22-17-6-5-15(24(26)27)10-13(17)3/h4-7,10-12H,8-9H2,1-3H3,(H2,22,23,25,29). The molecular formula is C20H22BrN3O4S. The summed E-state index contributed by atoms with van der Waals surface area (Å²) in [5.74, 6) is 0.840.